The standard InChI is InChI=1S/C16H23N5O3S/c1-11(2)21-10-14(9-18-21)19-16(22)20(4)12(3)13-5-7-15(8-6-13)25(17,23)24/h5-12H,1-4H3,(H,19,22)(H2,17,23,24). The van der Waals surface area contributed by atoms with Crippen LogP contribution < -0.4 is 10.5 Å². The van der Waals surface area contributed by atoms with Gasteiger partial charge in [0.15, 0.2) is 0 Å². The zero-order valence-electron chi connectivity index (χ0n) is 14.7. The van der Waals surface area contributed by atoms with Crippen molar-refractivity contribution in [3.05, 3.63) is 42.2 Å². The number of hydrogen-bond donors (Lipinski definition) is 2. The molecule has 1 aromatic carbocycles. The molecule has 0 bridgehead atoms. The Kier molecular flexibility index (Phi) is 5.48. The van der Waals surface area contributed by atoms with Crippen molar-refractivity contribution < 1.29 is 13.2 Å². The molecule has 2 aromatic rings. The highest BCUT2D eigenvalue weighted by molar-refractivity contribution is 7.89. The highest BCUT2D eigenvalue weighted by Crippen LogP contribution is 2.21. The summed E-state index contributed by atoms with van der Waals surface area (Å²) in [5, 5.41) is 12.1. The van der Waals surface area contributed by atoms with Crippen LogP contribution in [-0.4, -0.2) is 36.2 Å². The van der Waals surface area contributed by atoms with Gasteiger partial charge in [-0.15, -0.1) is 0 Å². The number of anilines is 1. The Morgan fingerprint density at radius 1 is 1.24 bits per heavy atom. The van der Waals surface area contributed by atoms with Crippen LogP contribution in [0.15, 0.2) is 41.6 Å². The molecule has 0 aliphatic rings. The van der Waals surface area contributed by atoms with E-state index in [2.05, 4.69) is 10.4 Å². The maximum Gasteiger partial charge on any atom is 0.322 e. The highest BCUT2D eigenvalue weighted by Gasteiger charge is 2.19. The Morgan fingerprint density at radius 2 is 1.84 bits per heavy atom. The van der Waals surface area contributed by atoms with Crippen LogP contribution in [0.4, 0.5) is 10.5 Å². The van der Waals surface area contributed by atoms with Crippen LogP contribution in [-0.2, 0) is 10.0 Å². The first-order chi connectivity index (χ1) is 11.6. The molecule has 25 heavy (non-hydrogen) atoms. The van der Waals surface area contributed by atoms with Gasteiger partial charge in [0, 0.05) is 19.3 Å². The summed E-state index contributed by atoms with van der Waals surface area (Å²) in [6.45, 7) is 5.85. The number of nitrogens with two attached hydrogens (primary N) is 1. The molecule has 136 valence electrons. The molecular weight excluding hydrogens is 342 g/mol. The van der Waals surface area contributed by atoms with Crippen molar-refractivity contribution in [1.82, 2.24) is 14.7 Å². The number of hydrogen-bond acceptors (Lipinski definition) is 4. The second kappa shape index (κ2) is 7.24. The van der Waals surface area contributed by atoms with Crippen molar-refractivity contribution in [1.29, 1.82) is 0 Å². The minimum Gasteiger partial charge on any atom is -0.321 e. The number of sulfonamides is 1. The van der Waals surface area contributed by atoms with Gasteiger partial charge in [-0.3, -0.25) is 4.68 Å². The number of carbonyl (C=O) groups excluding carboxylic acids is 1. The zero-order valence-corrected chi connectivity index (χ0v) is 15.5. The maximum absolute atomic E-state index is 12.4. The second-order valence-corrected chi connectivity index (χ2v) is 7.70. The van der Waals surface area contributed by atoms with Crippen LogP contribution in [0.1, 0.15) is 38.4 Å². The van der Waals surface area contributed by atoms with Crippen molar-refractivity contribution >= 4 is 21.7 Å². The third kappa shape index (κ3) is 4.58. The largest absolute Gasteiger partial charge is 0.322 e. The topological polar surface area (TPSA) is 110 Å². The van der Waals surface area contributed by atoms with Crippen molar-refractivity contribution in [3.8, 4) is 0 Å². The molecule has 1 unspecified atom stereocenters. The van der Waals surface area contributed by atoms with E-state index in [4.69, 9.17) is 5.14 Å². The fourth-order valence-corrected chi connectivity index (χ4v) is 2.75. The number of rotatable bonds is 5. The molecule has 0 spiro atoms. The summed E-state index contributed by atoms with van der Waals surface area (Å²) < 4.78 is 24.4. The normalized spacial score (nSPS) is 12.9. The first-order valence-corrected chi connectivity index (χ1v) is 9.35. The van der Waals surface area contributed by atoms with E-state index in [1.807, 2.05) is 20.8 Å². The lowest BCUT2D eigenvalue weighted by atomic mass is 10.1. The van der Waals surface area contributed by atoms with Gasteiger partial charge in [0.05, 0.1) is 22.8 Å². The van der Waals surface area contributed by atoms with Crippen LogP contribution in [0.5, 0.6) is 0 Å². The average molecular weight is 365 g/mol. The average Bonchev–Trinajstić information content (AvgIpc) is 3.01. The lowest BCUT2D eigenvalue weighted by Gasteiger charge is -2.25. The minimum absolute atomic E-state index is 0.0386. The summed E-state index contributed by atoms with van der Waals surface area (Å²) in [5.41, 5.74) is 1.41. The van der Waals surface area contributed by atoms with Gasteiger partial charge in [0.25, 0.3) is 0 Å². The molecule has 2 amide bonds. The zero-order chi connectivity index (χ0) is 18.8. The number of urea groups is 1. The van der Waals surface area contributed by atoms with Crippen LogP contribution in [0.2, 0.25) is 0 Å². The van der Waals surface area contributed by atoms with E-state index in [0.717, 1.165) is 5.56 Å². The molecule has 3 N–H and O–H groups in total. The number of primary sulfonamides is 1. The number of nitrogens with one attached hydrogen (secondary N) is 1. The molecule has 2 rings (SSSR count). The van der Waals surface area contributed by atoms with Gasteiger partial charge in [-0.25, -0.2) is 18.4 Å². The predicted octanol–water partition coefficient (Wildman–Crippen LogP) is 2.34. The Labute approximate surface area is 147 Å². The third-order valence-electron chi connectivity index (χ3n) is 3.97. The first kappa shape index (κ1) is 18.9. The van der Waals surface area contributed by atoms with Gasteiger partial charge in [-0.05, 0) is 38.5 Å². The van der Waals surface area contributed by atoms with E-state index in [9.17, 15) is 13.2 Å². The summed E-state index contributed by atoms with van der Waals surface area (Å²) in [5.74, 6) is 0. The summed E-state index contributed by atoms with van der Waals surface area (Å²) >= 11 is 0. The number of nitrogens with zero attached hydrogens (tertiary/aromatic N) is 3. The summed E-state index contributed by atoms with van der Waals surface area (Å²) in [4.78, 5) is 14.0. The lowest BCUT2D eigenvalue weighted by Crippen LogP contribution is -2.33. The van der Waals surface area contributed by atoms with Crippen LogP contribution in [0.3, 0.4) is 0 Å². The van der Waals surface area contributed by atoms with Gasteiger partial charge in [0.1, 0.15) is 0 Å². The quantitative estimate of drug-likeness (QED) is 0.847. The molecule has 0 fully saturated rings. The van der Waals surface area contributed by atoms with Gasteiger partial charge in [-0.2, -0.15) is 5.10 Å². The molecule has 0 saturated carbocycles. The predicted molar refractivity (Wildman–Crippen MR) is 95.6 cm³/mol. The molecule has 0 aliphatic carbocycles. The van der Waals surface area contributed by atoms with Crippen LogP contribution in [0.25, 0.3) is 0 Å². The number of benzene rings is 1. The van der Waals surface area contributed by atoms with E-state index in [1.54, 1.807) is 36.3 Å². The highest BCUT2D eigenvalue weighted by atomic mass is 32.2. The van der Waals surface area contributed by atoms with E-state index >= 15 is 0 Å². The molecule has 0 radical (unpaired) electrons. The molecule has 0 aliphatic heterocycles. The fourth-order valence-electron chi connectivity index (χ4n) is 2.23. The third-order valence-corrected chi connectivity index (χ3v) is 4.90. The summed E-state index contributed by atoms with van der Waals surface area (Å²) in [6.07, 6.45) is 3.36. The Balaban J connectivity index is 2.07. The Hall–Kier alpha value is -2.39. The molecule has 0 saturated heterocycles. The fraction of sp³-hybridized carbons (Fsp3) is 0.375. The van der Waals surface area contributed by atoms with Gasteiger partial charge in [0.2, 0.25) is 10.0 Å². The molecule has 1 atom stereocenters. The molecular formula is C16H23N5O3S. The van der Waals surface area contributed by atoms with Gasteiger partial charge < -0.3 is 10.2 Å². The van der Waals surface area contributed by atoms with Crippen molar-refractivity contribution in [2.24, 2.45) is 5.14 Å². The molecule has 8 nitrogen and oxygen atoms in total. The van der Waals surface area contributed by atoms with Gasteiger partial charge in [-0.1, -0.05) is 12.1 Å². The van der Waals surface area contributed by atoms with E-state index in [-0.39, 0.29) is 23.0 Å². The maximum atomic E-state index is 12.4. The number of aromatic nitrogens is 2. The number of carbonyl (C=O) groups is 1. The molecule has 9 heteroatoms. The van der Waals surface area contributed by atoms with Crippen LogP contribution in [0, 0.1) is 0 Å². The van der Waals surface area contributed by atoms with Crippen molar-refractivity contribution in [2.75, 3.05) is 12.4 Å². The van der Waals surface area contributed by atoms with Crippen molar-refractivity contribution in [2.45, 2.75) is 37.8 Å². The first-order valence-electron chi connectivity index (χ1n) is 7.80. The smallest absolute Gasteiger partial charge is 0.321 e. The molecule has 1 heterocycles. The SMILES string of the molecule is CC(c1ccc(S(N)(=O)=O)cc1)N(C)C(=O)Nc1cnn(C(C)C)c1. The van der Waals surface area contributed by atoms with E-state index in [0.29, 0.717) is 5.69 Å². The summed E-state index contributed by atoms with van der Waals surface area (Å²) in [6, 6.07) is 5.82. The Morgan fingerprint density at radius 3 is 2.32 bits per heavy atom. The lowest BCUT2D eigenvalue weighted by molar-refractivity contribution is 0.208. The Bertz CT molecular complexity index is 843. The summed E-state index contributed by atoms with van der Waals surface area (Å²) in [7, 11) is -2.06. The van der Waals surface area contributed by atoms with Gasteiger partial charge >= 0.3 is 6.03 Å². The molecule has 1 aromatic heterocycles. The monoisotopic (exact) mass is 365 g/mol. The number of amides is 2. The van der Waals surface area contributed by atoms with E-state index < -0.39 is 10.0 Å². The van der Waals surface area contributed by atoms with E-state index in [1.165, 1.54) is 17.0 Å². The minimum atomic E-state index is -3.73. The van der Waals surface area contributed by atoms with Crippen molar-refractivity contribution in [3.63, 3.8) is 0 Å². The van der Waals surface area contributed by atoms with Crippen LogP contribution >= 0.6 is 0 Å². The second-order valence-electron chi connectivity index (χ2n) is 6.13.